The Hall–Kier alpha value is -2.73. The molecule has 0 saturated carbocycles. The highest BCUT2D eigenvalue weighted by atomic mass is 16.4. The van der Waals surface area contributed by atoms with Crippen LogP contribution in [0, 0.1) is 5.92 Å². The number of carboxylic acids is 1. The van der Waals surface area contributed by atoms with Crippen molar-refractivity contribution >= 4 is 29.6 Å². The summed E-state index contributed by atoms with van der Waals surface area (Å²) in [5, 5.41) is 16.0. The Kier molecular flexibility index (Phi) is 13.0. The molecule has 12 nitrogen and oxygen atoms in total. The number of primary amides is 1. The third-order valence-corrected chi connectivity index (χ3v) is 4.09. The predicted octanol–water partition coefficient (Wildman–Crippen LogP) is -2.47. The van der Waals surface area contributed by atoms with Gasteiger partial charge in [0.05, 0.1) is 12.5 Å². The first kappa shape index (κ1) is 27.3. The maximum absolute atomic E-state index is 12.8. The number of rotatable bonds is 15. The van der Waals surface area contributed by atoms with Gasteiger partial charge >= 0.3 is 5.97 Å². The number of carboxylic acid groups (broad SMARTS) is 1. The Bertz CT molecular complexity index is 612. The molecule has 0 rings (SSSR count). The van der Waals surface area contributed by atoms with E-state index < -0.39 is 54.3 Å². The summed E-state index contributed by atoms with van der Waals surface area (Å²) < 4.78 is 0. The SMILES string of the molecule is CC(C)CC(NC(=O)C(CCCCN)NC(=O)C(N)CC(N)=O)C(=O)NCC(=O)O. The molecular formula is C18H34N6O6. The van der Waals surface area contributed by atoms with Crippen LogP contribution in [-0.4, -0.2) is 65.9 Å². The molecule has 0 radical (unpaired) electrons. The molecule has 0 aromatic rings. The topological polar surface area (TPSA) is 220 Å². The van der Waals surface area contributed by atoms with Crippen LogP contribution in [0.3, 0.4) is 0 Å². The maximum Gasteiger partial charge on any atom is 0.322 e. The minimum absolute atomic E-state index is 0.0279. The second-order valence-corrected chi connectivity index (χ2v) is 7.42. The lowest BCUT2D eigenvalue weighted by molar-refractivity contribution is -0.138. The number of hydrogen-bond donors (Lipinski definition) is 7. The molecule has 0 aromatic heterocycles. The van der Waals surface area contributed by atoms with Crippen LogP contribution in [0.4, 0.5) is 0 Å². The van der Waals surface area contributed by atoms with E-state index in [4.69, 9.17) is 22.3 Å². The van der Waals surface area contributed by atoms with Gasteiger partial charge in [0.15, 0.2) is 0 Å². The molecule has 172 valence electrons. The number of nitrogens with two attached hydrogens (primary N) is 3. The summed E-state index contributed by atoms with van der Waals surface area (Å²) in [4.78, 5) is 58.9. The lowest BCUT2D eigenvalue weighted by Gasteiger charge is -2.25. The third-order valence-electron chi connectivity index (χ3n) is 4.09. The van der Waals surface area contributed by atoms with Crippen LogP contribution < -0.4 is 33.2 Å². The first-order chi connectivity index (χ1) is 14.0. The molecule has 3 atom stereocenters. The zero-order valence-electron chi connectivity index (χ0n) is 17.5. The summed E-state index contributed by atoms with van der Waals surface area (Å²) in [5.41, 5.74) is 16.1. The molecule has 0 spiro atoms. The summed E-state index contributed by atoms with van der Waals surface area (Å²) in [6.07, 6.45) is 1.27. The van der Waals surface area contributed by atoms with E-state index in [1.54, 1.807) is 0 Å². The van der Waals surface area contributed by atoms with Gasteiger partial charge in [0.2, 0.25) is 23.6 Å². The number of nitrogens with one attached hydrogen (secondary N) is 3. The molecule has 4 amide bonds. The molecule has 0 aliphatic rings. The average molecular weight is 431 g/mol. The van der Waals surface area contributed by atoms with Gasteiger partial charge in [0, 0.05) is 0 Å². The third kappa shape index (κ3) is 12.0. The van der Waals surface area contributed by atoms with Crippen LogP contribution in [0.1, 0.15) is 46.0 Å². The lowest BCUT2D eigenvalue weighted by Crippen LogP contribution is -2.56. The molecule has 3 unspecified atom stereocenters. The van der Waals surface area contributed by atoms with Crippen molar-refractivity contribution in [3.05, 3.63) is 0 Å². The van der Waals surface area contributed by atoms with Gasteiger partial charge in [-0.15, -0.1) is 0 Å². The summed E-state index contributed by atoms with van der Waals surface area (Å²) >= 11 is 0. The number of unbranched alkanes of at least 4 members (excludes halogenated alkanes) is 1. The van der Waals surface area contributed by atoms with Gasteiger partial charge in [0.25, 0.3) is 0 Å². The monoisotopic (exact) mass is 430 g/mol. The minimum atomic E-state index is -1.21. The fourth-order valence-electron chi connectivity index (χ4n) is 2.61. The van der Waals surface area contributed by atoms with Crippen molar-refractivity contribution in [3.8, 4) is 0 Å². The first-order valence-electron chi connectivity index (χ1n) is 9.82. The smallest absolute Gasteiger partial charge is 0.322 e. The Morgan fingerprint density at radius 1 is 0.933 bits per heavy atom. The molecule has 0 heterocycles. The van der Waals surface area contributed by atoms with E-state index in [2.05, 4.69) is 16.0 Å². The van der Waals surface area contributed by atoms with Crippen molar-refractivity contribution < 1.29 is 29.1 Å². The van der Waals surface area contributed by atoms with Crippen LogP contribution in [-0.2, 0) is 24.0 Å². The van der Waals surface area contributed by atoms with Crippen molar-refractivity contribution in [2.75, 3.05) is 13.1 Å². The van der Waals surface area contributed by atoms with Gasteiger partial charge < -0.3 is 38.3 Å². The summed E-state index contributed by atoms with van der Waals surface area (Å²) in [5.74, 6) is -3.93. The van der Waals surface area contributed by atoms with E-state index in [1.807, 2.05) is 13.8 Å². The molecule has 0 bridgehead atoms. The van der Waals surface area contributed by atoms with Gasteiger partial charge in [-0.3, -0.25) is 24.0 Å². The molecule has 0 fully saturated rings. The van der Waals surface area contributed by atoms with Gasteiger partial charge in [-0.25, -0.2) is 0 Å². The molecule has 0 saturated heterocycles. The molecule has 12 heteroatoms. The average Bonchev–Trinajstić information content (AvgIpc) is 2.63. The van der Waals surface area contributed by atoms with Crippen molar-refractivity contribution in [1.82, 2.24) is 16.0 Å². The van der Waals surface area contributed by atoms with Gasteiger partial charge in [-0.2, -0.15) is 0 Å². The highest BCUT2D eigenvalue weighted by Gasteiger charge is 2.28. The Morgan fingerprint density at radius 2 is 1.53 bits per heavy atom. The van der Waals surface area contributed by atoms with E-state index in [-0.39, 0.29) is 25.2 Å². The number of hydrogen-bond acceptors (Lipinski definition) is 7. The molecule has 30 heavy (non-hydrogen) atoms. The quantitative estimate of drug-likeness (QED) is 0.138. The van der Waals surface area contributed by atoms with E-state index in [1.165, 1.54) is 0 Å². The van der Waals surface area contributed by atoms with Crippen molar-refractivity contribution in [3.63, 3.8) is 0 Å². The van der Waals surface area contributed by atoms with E-state index in [0.717, 1.165) is 0 Å². The zero-order chi connectivity index (χ0) is 23.3. The molecule has 0 aliphatic heterocycles. The van der Waals surface area contributed by atoms with Crippen LogP contribution in [0.5, 0.6) is 0 Å². The number of aliphatic carboxylic acids is 1. The van der Waals surface area contributed by atoms with Crippen LogP contribution in [0.2, 0.25) is 0 Å². The second kappa shape index (κ2) is 14.3. The van der Waals surface area contributed by atoms with Gasteiger partial charge in [-0.05, 0) is 38.1 Å². The van der Waals surface area contributed by atoms with Crippen molar-refractivity contribution in [2.24, 2.45) is 23.1 Å². The second-order valence-electron chi connectivity index (χ2n) is 7.42. The molecule has 10 N–H and O–H groups in total. The van der Waals surface area contributed by atoms with Crippen molar-refractivity contribution in [2.45, 2.75) is 64.1 Å². The largest absolute Gasteiger partial charge is 0.480 e. The predicted molar refractivity (Wildman–Crippen MR) is 109 cm³/mol. The molecule has 0 aromatic carbocycles. The normalized spacial score (nSPS) is 13.8. The number of carbonyl (C=O) groups excluding carboxylic acids is 4. The maximum atomic E-state index is 12.8. The van der Waals surface area contributed by atoms with E-state index >= 15 is 0 Å². The lowest BCUT2D eigenvalue weighted by atomic mass is 10.0. The zero-order valence-corrected chi connectivity index (χ0v) is 17.5. The Morgan fingerprint density at radius 3 is 2.03 bits per heavy atom. The number of amides is 4. The van der Waals surface area contributed by atoms with E-state index in [9.17, 15) is 24.0 Å². The Balaban J connectivity index is 5.25. The van der Waals surface area contributed by atoms with Gasteiger partial charge in [-0.1, -0.05) is 13.8 Å². The highest BCUT2D eigenvalue weighted by Crippen LogP contribution is 2.08. The van der Waals surface area contributed by atoms with Crippen LogP contribution in [0.25, 0.3) is 0 Å². The van der Waals surface area contributed by atoms with Gasteiger partial charge in [0.1, 0.15) is 18.6 Å². The molecule has 0 aliphatic carbocycles. The summed E-state index contributed by atoms with van der Waals surface area (Å²) in [7, 11) is 0. The fraction of sp³-hybridized carbons (Fsp3) is 0.722. The van der Waals surface area contributed by atoms with Crippen molar-refractivity contribution in [1.29, 1.82) is 0 Å². The fourth-order valence-corrected chi connectivity index (χ4v) is 2.61. The standard InChI is InChI=1S/C18H34N6O6/c1-10(2)7-13(17(29)22-9-15(26)27)24-18(30)12(5-3-4-6-19)23-16(28)11(20)8-14(21)25/h10-13H,3-9,19-20H2,1-2H3,(H2,21,25)(H,22,29)(H,23,28)(H,24,30)(H,26,27). The minimum Gasteiger partial charge on any atom is -0.480 e. The molecular weight excluding hydrogens is 396 g/mol. The van der Waals surface area contributed by atoms with E-state index in [0.29, 0.717) is 19.4 Å². The van der Waals surface area contributed by atoms with Crippen LogP contribution >= 0.6 is 0 Å². The van der Waals surface area contributed by atoms with Crippen LogP contribution in [0.15, 0.2) is 0 Å². The number of carbonyl (C=O) groups is 5. The summed E-state index contributed by atoms with van der Waals surface area (Å²) in [6.45, 7) is 3.50. The Labute approximate surface area is 175 Å². The first-order valence-corrected chi connectivity index (χ1v) is 9.82. The highest BCUT2D eigenvalue weighted by molar-refractivity contribution is 5.94. The summed E-state index contributed by atoms with van der Waals surface area (Å²) in [6, 6.07) is -3.20.